The first kappa shape index (κ1) is 12.3. The van der Waals surface area contributed by atoms with Gasteiger partial charge in [0, 0.05) is 0 Å². The van der Waals surface area contributed by atoms with Crippen LogP contribution in [0, 0.1) is 0 Å². The van der Waals surface area contributed by atoms with Crippen LogP contribution in [0.4, 0.5) is 0 Å². The Labute approximate surface area is 83.1 Å². The molecule has 0 atom stereocenters. The van der Waals surface area contributed by atoms with E-state index >= 15 is 0 Å². The first-order valence-electron chi connectivity index (χ1n) is 4.90. The summed E-state index contributed by atoms with van der Waals surface area (Å²) in [6.45, 7) is 5.03. The van der Waals surface area contributed by atoms with E-state index in [9.17, 15) is 4.79 Å². The molecule has 0 bridgehead atoms. The molecule has 0 heterocycles. The summed E-state index contributed by atoms with van der Waals surface area (Å²) in [5, 5.41) is 0. The topological polar surface area (TPSA) is 26.3 Å². The molecule has 0 rings (SSSR count). The Morgan fingerprint density at radius 1 is 1.25 bits per heavy atom. The number of carbonyl (C=O) groups is 1. The molecule has 0 aromatic heterocycles. The van der Waals surface area contributed by atoms with Crippen molar-refractivity contribution in [3.8, 4) is 0 Å². The molecule has 0 aliphatic carbocycles. The van der Waals surface area contributed by atoms with Crippen molar-refractivity contribution in [2.75, 3.05) is 6.61 Å². The number of carbonyl (C=O) groups excluding carboxylic acids is 1. The van der Waals surface area contributed by atoms with E-state index in [4.69, 9.17) is 3.56 Å². The summed E-state index contributed by atoms with van der Waals surface area (Å²) in [6.07, 6.45) is 5.29. The van der Waals surface area contributed by atoms with Gasteiger partial charge < -0.3 is 0 Å². The van der Waals surface area contributed by atoms with Crippen LogP contribution >= 0.6 is 0 Å². The molecule has 68 valence electrons. The van der Waals surface area contributed by atoms with E-state index in [0.29, 0.717) is 4.38 Å². The van der Waals surface area contributed by atoms with Crippen LogP contribution in [0.15, 0.2) is 0 Å². The fourth-order valence-electron chi connectivity index (χ4n) is 0.991. The van der Waals surface area contributed by atoms with E-state index in [1.807, 2.05) is 6.92 Å². The van der Waals surface area contributed by atoms with Crippen LogP contribution in [0.5, 0.6) is 0 Å². The van der Waals surface area contributed by atoms with Crippen molar-refractivity contribution in [1.82, 2.24) is 0 Å². The number of hydrogen-bond acceptors (Lipinski definition) is 2. The molecule has 0 spiro atoms. The fourth-order valence-corrected chi connectivity index (χ4v) is 3.24. The minimum absolute atomic E-state index is 0.418. The van der Waals surface area contributed by atoms with Gasteiger partial charge in [-0.05, 0) is 0 Å². The second-order valence-corrected chi connectivity index (χ2v) is 6.17. The average molecular weight is 224 g/mol. The van der Waals surface area contributed by atoms with E-state index in [1.54, 1.807) is 0 Å². The Morgan fingerprint density at radius 2 is 2.00 bits per heavy atom. The molecule has 0 saturated carbocycles. The zero-order chi connectivity index (χ0) is 9.23. The van der Waals surface area contributed by atoms with Crippen molar-refractivity contribution in [2.45, 2.75) is 46.0 Å². The van der Waals surface area contributed by atoms with Gasteiger partial charge in [-0.2, -0.15) is 0 Å². The quantitative estimate of drug-likeness (QED) is 0.467. The molecule has 0 aromatic rings. The van der Waals surface area contributed by atoms with Crippen molar-refractivity contribution in [3.63, 3.8) is 0 Å². The average Bonchev–Trinajstić information content (AvgIpc) is 2.05. The van der Waals surface area contributed by atoms with E-state index in [0.717, 1.165) is 25.9 Å². The van der Waals surface area contributed by atoms with Crippen LogP contribution in [0.1, 0.15) is 46.0 Å². The van der Waals surface area contributed by atoms with Crippen molar-refractivity contribution in [1.29, 1.82) is 0 Å². The van der Waals surface area contributed by atoms with Gasteiger partial charge in [0.1, 0.15) is 0 Å². The third kappa shape index (κ3) is 8.35. The molecule has 0 amide bonds. The molecular weight excluding hydrogens is 205 g/mol. The van der Waals surface area contributed by atoms with E-state index < -0.39 is 17.5 Å². The van der Waals surface area contributed by atoms with Gasteiger partial charge in [0.2, 0.25) is 0 Å². The molecule has 0 fully saturated rings. The van der Waals surface area contributed by atoms with Crippen LogP contribution in [0.3, 0.4) is 0 Å². The zero-order valence-corrected chi connectivity index (χ0v) is 11.2. The molecule has 0 aliphatic rings. The van der Waals surface area contributed by atoms with Gasteiger partial charge in [-0.15, -0.1) is 0 Å². The number of hydrogen-bond donors (Lipinski definition) is 0. The van der Waals surface area contributed by atoms with Crippen LogP contribution in [-0.4, -0.2) is 11.0 Å². The Morgan fingerprint density at radius 3 is 2.58 bits per heavy atom. The molecule has 0 radical (unpaired) electrons. The Hall–Kier alpha value is 0.253. The van der Waals surface area contributed by atoms with Crippen LogP contribution in [0.25, 0.3) is 0 Å². The van der Waals surface area contributed by atoms with Crippen molar-refractivity contribution in [3.05, 3.63) is 0 Å². The molecule has 12 heavy (non-hydrogen) atoms. The van der Waals surface area contributed by atoms with Gasteiger partial charge in [0.25, 0.3) is 0 Å². The molecule has 0 unspecified atom stereocenters. The van der Waals surface area contributed by atoms with Gasteiger partial charge >= 0.3 is 82.8 Å². The van der Waals surface area contributed by atoms with Crippen LogP contribution < -0.4 is 0 Å². The van der Waals surface area contributed by atoms with Crippen molar-refractivity contribution >= 4 is 4.38 Å². The third-order valence-corrected chi connectivity index (χ3v) is 4.14. The van der Waals surface area contributed by atoms with Gasteiger partial charge in [0.15, 0.2) is 0 Å². The predicted molar refractivity (Wildman–Crippen MR) is 45.4 cm³/mol. The monoisotopic (exact) mass is 222 g/mol. The SMILES string of the molecule is CCCCC[O][Zn][C](=O)CCC. The number of unbranched alkanes of at least 4 members (excludes halogenated alkanes) is 2. The summed E-state index contributed by atoms with van der Waals surface area (Å²) in [6, 6.07) is 0. The summed E-state index contributed by atoms with van der Waals surface area (Å²) in [5.41, 5.74) is 0. The Kier molecular flexibility index (Phi) is 9.54. The van der Waals surface area contributed by atoms with E-state index in [2.05, 4.69) is 6.92 Å². The van der Waals surface area contributed by atoms with Crippen LogP contribution in [0.2, 0.25) is 0 Å². The molecule has 0 N–H and O–H groups in total. The second kappa shape index (κ2) is 9.34. The van der Waals surface area contributed by atoms with E-state index in [-0.39, 0.29) is 0 Å². The number of rotatable bonds is 8. The van der Waals surface area contributed by atoms with Crippen LogP contribution in [-0.2, 0) is 25.8 Å². The summed E-state index contributed by atoms with van der Waals surface area (Å²) in [7, 11) is 0. The van der Waals surface area contributed by atoms with Gasteiger partial charge in [0.05, 0.1) is 0 Å². The molecule has 0 saturated heterocycles. The summed E-state index contributed by atoms with van der Waals surface area (Å²) in [5.74, 6) is 0. The molecular formula is C9H18O2Zn. The zero-order valence-electron chi connectivity index (χ0n) is 8.27. The summed E-state index contributed by atoms with van der Waals surface area (Å²) in [4.78, 5) is 11.0. The van der Waals surface area contributed by atoms with Crippen molar-refractivity contribution < 1.29 is 25.8 Å². The normalized spacial score (nSPS) is 9.50. The minimum atomic E-state index is -1.25. The fraction of sp³-hybridized carbons (Fsp3) is 0.889. The standard InChI is InChI=1S/C5H11O.C4H7O.Zn/c1-2-3-4-5-6;1-2-3-4-5;/h2-5H2,1H3;2-3H2,1H3;/q-1;;+1. The Bertz CT molecular complexity index is 115. The van der Waals surface area contributed by atoms with Gasteiger partial charge in [-0.1, -0.05) is 0 Å². The first-order chi connectivity index (χ1) is 5.81. The van der Waals surface area contributed by atoms with Crippen molar-refractivity contribution in [2.24, 2.45) is 0 Å². The predicted octanol–water partition coefficient (Wildman–Crippen LogP) is 2.52. The molecule has 0 aliphatic heterocycles. The maximum absolute atomic E-state index is 11.0. The summed E-state index contributed by atoms with van der Waals surface area (Å²) >= 11 is -1.25. The molecule has 0 aromatic carbocycles. The molecule has 2 nitrogen and oxygen atoms in total. The van der Waals surface area contributed by atoms with Gasteiger partial charge in [-0.3, -0.25) is 0 Å². The Balaban J connectivity index is 3.03. The third-order valence-electron chi connectivity index (χ3n) is 1.68. The van der Waals surface area contributed by atoms with E-state index in [1.165, 1.54) is 12.8 Å². The van der Waals surface area contributed by atoms with Gasteiger partial charge in [-0.25, -0.2) is 0 Å². The first-order valence-corrected chi connectivity index (χ1v) is 7.60. The molecule has 3 heteroatoms. The summed E-state index contributed by atoms with van der Waals surface area (Å²) < 4.78 is 5.81. The second-order valence-electron chi connectivity index (χ2n) is 3.05. The maximum atomic E-state index is 11.0.